The van der Waals surface area contributed by atoms with E-state index in [9.17, 15) is 0 Å². The van der Waals surface area contributed by atoms with Gasteiger partial charge in [-0.1, -0.05) is 35.3 Å². The molecule has 2 aromatic rings. The summed E-state index contributed by atoms with van der Waals surface area (Å²) in [6.45, 7) is 0.661. The van der Waals surface area contributed by atoms with Gasteiger partial charge in [-0.05, 0) is 23.8 Å². The standard InChI is InChI=1S/C15H17Cl2N3O/c1-18-14-12(16)8-13(17)15(19-14)20(2)9-10-5-4-6-11(7-10)21-3/h4-8H,9H2,1-3H3,(H,18,19). The largest absolute Gasteiger partial charge is 0.497 e. The molecule has 0 radical (unpaired) electrons. The van der Waals surface area contributed by atoms with Crippen molar-refractivity contribution in [3.8, 4) is 5.75 Å². The Morgan fingerprint density at radius 2 is 2.00 bits per heavy atom. The molecule has 0 saturated heterocycles. The highest BCUT2D eigenvalue weighted by molar-refractivity contribution is 6.37. The second kappa shape index (κ2) is 6.87. The van der Waals surface area contributed by atoms with Gasteiger partial charge in [0.2, 0.25) is 0 Å². The van der Waals surface area contributed by atoms with E-state index in [1.54, 1.807) is 20.2 Å². The lowest BCUT2D eigenvalue weighted by Gasteiger charge is -2.21. The molecule has 6 heteroatoms. The quantitative estimate of drug-likeness (QED) is 0.898. The van der Waals surface area contributed by atoms with Gasteiger partial charge in [-0.25, -0.2) is 4.98 Å². The summed E-state index contributed by atoms with van der Waals surface area (Å²) in [4.78, 5) is 6.42. The lowest BCUT2D eigenvalue weighted by atomic mass is 10.2. The zero-order valence-electron chi connectivity index (χ0n) is 12.2. The van der Waals surface area contributed by atoms with Crippen molar-refractivity contribution in [1.82, 2.24) is 4.98 Å². The smallest absolute Gasteiger partial charge is 0.149 e. The number of methoxy groups -OCH3 is 1. The molecule has 1 aromatic carbocycles. The fourth-order valence-electron chi connectivity index (χ4n) is 2.02. The normalized spacial score (nSPS) is 10.3. The Hall–Kier alpha value is -1.65. The van der Waals surface area contributed by atoms with Crippen LogP contribution in [0.1, 0.15) is 5.56 Å². The van der Waals surface area contributed by atoms with Crippen LogP contribution in [0.3, 0.4) is 0 Å². The first kappa shape index (κ1) is 15.7. The van der Waals surface area contributed by atoms with Crippen LogP contribution in [0.5, 0.6) is 5.75 Å². The van der Waals surface area contributed by atoms with Gasteiger partial charge in [-0.3, -0.25) is 0 Å². The van der Waals surface area contributed by atoms with Crippen molar-refractivity contribution in [2.24, 2.45) is 0 Å². The number of nitrogens with zero attached hydrogens (tertiary/aromatic N) is 2. The molecule has 0 unspecified atom stereocenters. The van der Waals surface area contributed by atoms with Gasteiger partial charge in [-0.2, -0.15) is 0 Å². The number of rotatable bonds is 5. The molecule has 0 atom stereocenters. The Bertz CT molecular complexity index is 634. The summed E-state index contributed by atoms with van der Waals surface area (Å²) in [6, 6.07) is 9.58. The highest BCUT2D eigenvalue weighted by Crippen LogP contribution is 2.31. The molecule has 1 heterocycles. The SMILES string of the molecule is CNc1nc(N(C)Cc2cccc(OC)c2)c(Cl)cc1Cl. The first-order chi connectivity index (χ1) is 10.0. The summed E-state index contributed by atoms with van der Waals surface area (Å²) in [7, 11) is 5.36. The molecule has 2 rings (SSSR count). The second-order valence-electron chi connectivity index (χ2n) is 4.58. The molecule has 0 amide bonds. The number of hydrogen-bond acceptors (Lipinski definition) is 4. The number of nitrogens with one attached hydrogen (secondary N) is 1. The Labute approximate surface area is 134 Å². The molecule has 1 N–H and O–H groups in total. The molecule has 0 spiro atoms. The van der Waals surface area contributed by atoms with E-state index in [-0.39, 0.29) is 0 Å². The van der Waals surface area contributed by atoms with Crippen molar-refractivity contribution >= 4 is 34.8 Å². The van der Waals surface area contributed by atoms with E-state index in [4.69, 9.17) is 27.9 Å². The maximum Gasteiger partial charge on any atom is 0.149 e. The van der Waals surface area contributed by atoms with Gasteiger partial charge in [0.1, 0.15) is 17.4 Å². The van der Waals surface area contributed by atoms with Crippen molar-refractivity contribution in [2.45, 2.75) is 6.54 Å². The summed E-state index contributed by atoms with van der Waals surface area (Å²) in [5.74, 6) is 2.11. The van der Waals surface area contributed by atoms with Gasteiger partial charge >= 0.3 is 0 Å². The van der Waals surface area contributed by atoms with Crippen molar-refractivity contribution in [1.29, 1.82) is 0 Å². The minimum absolute atomic E-state index is 0.501. The van der Waals surface area contributed by atoms with E-state index < -0.39 is 0 Å². The summed E-state index contributed by atoms with van der Waals surface area (Å²) >= 11 is 12.3. The van der Waals surface area contributed by atoms with E-state index in [2.05, 4.69) is 10.3 Å². The van der Waals surface area contributed by atoms with Crippen LogP contribution in [0.2, 0.25) is 10.0 Å². The molecule has 112 valence electrons. The maximum atomic E-state index is 6.24. The summed E-state index contributed by atoms with van der Waals surface area (Å²) in [5, 5.41) is 3.97. The molecule has 21 heavy (non-hydrogen) atoms. The van der Waals surface area contributed by atoms with Crippen LogP contribution in [0, 0.1) is 0 Å². The maximum absolute atomic E-state index is 6.24. The predicted octanol–water partition coefficient (Wildman–Crippen LogP) is 4.08. The molecular formula is C15H17Cl2N3O. The molecule has 0 aliphatic rings. The topological polar surface area (TPSA) is 37.4 Å². The number of benzene rings is 1. The van der Waals surface area contributed by atoms with Crippen LogP contribution in [0.25, 0.3) is 0 Å². The molecule has 0 aliphatic heterocycles. The zero-order chi connectivity index (χ0) is 15.4. The Morgan fingerprint density at radius 1 is 1.24 bits per heavy atom. The molecule has 0 saturated carbocycles. The first-order valence-electron chi connectivity index (χ1n) is 6.43. The number of ether oxygens (including phenoxy) is 1. The summed E-state index contributed by atoms with van der Waals surface area (Å²) in [6.07, 6.45) is 0. The molecule has 0 fully saturated rings. The van der Waals surface area contributed by atoms with Gasteiger partial charge < -0.3 is 15.0 Å². The van der Waals surface area contributed by atoms with Crippen LogP contribution in [-0.2, 0) is 6.54 Å². The van der Waals surface area contributed by atoms with Crippen LogP contribution in [0.15, 0.2) is 30.3 Å². The minimum atomic E-state index is 0.501. The highest BCUT2D eigenvalue weighted by Gasteiger charge is 2.13. The van der Waals surface area contributed by atoms with E-state index in [0.29, 0.717) is 28.2 Å². The van der Waals surface area contributed by atoms with Gasteiger partial charge in [0.15, 0.2) is 0 Å². The molecule has 0 aliphatic carbocycles. The summed E-state index contributed by atoms with van der Waals surface area (Å²) < 4.78 is 5.23. The Morgan fingerprint density at radius 3 is 2.67 bits per heavy atom. The van der Waals surface area contributed by atoms with Crippen LogP contribution in [-0.4, -0.2) is 26.2 Å². The third-order valence-corrected chi connectivity index (χ3v) is 3.63. The van der Waals surface area contributed by atoms with Crippen LogP contribution in [0.4, 0.5) is 11.6 Å². The van der Waals surface area contributed by atoms with E-state index in [1.807, 2.05) is 36.2 Å². The van der Waals surface area contributed by atoms with Gasteiger partial charge in [0.05, 0.1) is 17.2 Å². The van der Waals surface area contributed by atoms with Crippen LogP contribution >= 0.6 is 23.2 Å². The zero-order valence-corrected chi connectivity index (χ0v) is 13.7. The lowest BCUT2D eigenvalue weighted by Crippen LogP contribution is -2.18. The monoisotopic (exact) mass is 325 g/mol. The van der Waals surface area contributed by atoms with Gasteiger partial charge in [-0.15, -0.1) is 0 Å². The van der Waals surface area contributed by atoms with E-state index in [1.165, 1.54) is 0 Å². The van der Waals surface area contributed by atoms with Crippen molar-refractivity contribution < 1.29 is 4.74 Å². The molecule has 1 aromatic heterocycles. The predicted molar refractivity (Wildman–Crippen MR) is 88.9 cm³/mol. The van der Waals surface area contributed by atoms with E-state index in [0.717, 1.165) is 11.3 Å². The average Bonchev–Trinajstić information content (AvgIpc) is 2.47. The van der Waals surface area contributed by atoms with Crippen molar-refractivity contribution in [2.75, 3.05) is 31.4 Å². The van der Waals surface area contributed by atoms with Crippen molar-refractivity contribution in [3.63, 3.8) is 0 Å². The number of anilines is 2. The highest BCUT2D eigenvalue weighted by atomic mass is 35.5. The second-order valence-corrected chi connectivity index (χ2v) is 5.40. The number of halogens is 2. The minimum Gasteiger partial charge on any atom is -0.497 e. The Balaban J connectivity index is 2.25. The first-order valence-corrected chi connectivity index (χ1v) is 7.18. The molecule has 4 nitrogen and oxygen atoms in total. The lowest BCUT2D eigenvalue weighted by molar-refractivity contribution is 0.414. The number of pyridine rings is 1. The summed E-state index contributed by atoms with van der Waals surface area (Å²) in [5.41, 5.74) is 1.11. The average molecular weight is 326 g/mol. The molecular weight excluding hydrogens is 309 g/mol. The third-order valence-electron chi connectivity index (χ3n) is 3.06. The fourth-order valence-corrected chi connectivity index (χ4v) is 2.62. The van der Waals surface area contributed by atoms with E-state index >= 15 is 0 Å². The van der Waals surface area contributed by atoms with Crippen molar-refractivity contribution in [3.05, 3.63) is 45.9 Å². The number of aromatic nitrogens is 1. The Kier molecular flexibility index (Phi) is 5.15. The van der Waals surface area contributed by atoms with Crippen LogP contribution < -0.4 is 15.0 Å². The van der Waals surface area contributed by atoms with Gasteiger partial charge in [0, 0.05) is 20.6 Å². The third kappa shape index (κ3) is 3.71. The molecule has 0 bridgehead atoms. The van der Waals surface area contributed by atoms with Gasteiger partial charge in [0.25, 0.3) is 0 Å². The fraction of sp³-hybridized carbons (Fsp3) is 0.267. The number of hydrogen-bond donors (Lipinski definition) is 1.